The number of benzene rings is 1. The van der Waals surface area contributed by atoms with Crippen LogP contribution in [0.5, 0.6) is 0 Å². The molecule has 26 heavy (non-hydrogen) atoms. The highest BCUT2D eigenvalue weighted by Gasteiger charge is 2.42. The van der Waals surface area contributed by atoms with Crippen molar-refractivity contribution in [3.8, 4) is 0 Å². The van der Waals surface area contributed by atoms with E-state index in [0.29, 0.717) is 31.5 Å². The molecule has 0 aliphatic carbocycles. The zero-order valence-electron chi connectivity index (χ0n) is 16.1. The first-order valence-electron chi connectivity index (χ1n) is 8.79. The quantitative estimate of drug-likeness (QED) is 0.815. The molecule has 1 saturated heterocycles. The van der Waals surface area contributed by atoms with Gasteiger partial charge in [-0.1, -0.05) is 12.1 Å². The fraction of sp³-hybridized carbons (Fsp3) is 0.579. The van der Waals surface area contributed by atoms with Gasteiger partial charge in [0.25, 0.3) is 11.8 Å². The Morgan fingerprint density at radius 3 is 2.19 bits per heavy atom. The molecule has 0 unspecified atom stereocenters. The molecule has 6 nitrogen and oxygen atoms in total. The molecule has 0 saturated carbocycles. The van der Waals surface area contributed by atoms with E-state index < -0.39 is 5.60 Å². The van der Waals surface area contributed by atoms with Gasteiger partial charge in [-0.2, -0.15) is 0 Å². The van der Waals surface area contributed by atoms with Crippen molar-refractivity contribution in [1.82, 2.24) is 15.1 Å². The van der Waals surface area contributed by atoms with Crippen molar-refractivity contribution >= 4 is 24.2 Å². The average molecular weight is 384 g/mol. The van der Waals surface area contributed by atoms with Crippen molar-refractivity contribution in [2.75, 3.05) is 40.8 Å². The Morgan fingerprint density at radius 2 is 1.73 bits per heavy atom. The van der Waals surface area contributed by atoms with Crippen molar-refractivity contribution in [2.24, 2.45) is 0 Å². The number of ether oxygens (including phenoxy) is 1. The molecule has 0 spiro atoms. The predicted molar refractivity (Wildman–Crippen MR) is 105 cm³/mol. The maximum absolute atomic E-state index is 13.1. The van der Waals surface area contributed by atoms with Gasteiger partial charge in [0.15, 0.2) is 0 Å². The highest BCUT2D eigenvalue weighted by atomic mass is 35.5. The summed E-state index contributed by atoms with van der Waals surface area (Å²) in [4.78, 5) is 28.4. The Labute approximate surface area is 162 Å². The van der Waals surface area contributed by atoms with E-state index in [2.05, 4.69) is 5.32 Å². The van der Waals surface area contributed by atoms with E-state index in [4.69, 9.17) is 4.74 Å². The fourth-order valence-corrected chi connectivity index (χ4v) is 3.18. The van der Waals surface area contributed by atoms with E-state index in [-0.39, 0.29) is 24.2 Å². The molecule has 1 aromatic rings. The second-order valence-electron chi connectivity index (χ2n) is 6.66. The zero-order chi connectivity index (χ0) is 18.4. The summed E-state index contributed by atoms with van der Waals surface area (Å²) in [6, 6.07) is 7.45. The van der Waals surface area contributed by atoms with Gasteiger partial charge in [0.05, 0.1) is 0 Å². The molecule has 0 atom stereocenters. The van der Waals surface area contributed by atoms with Crippen LogP contribution in [0.2, 0.25) is 0 Å². The molecule has 146 valence electrons. The summed E-state index contributed by atoms with van der Waals surface area (Å²) >= 11 is 0. The largest absolute Gasteiger partial charge is 0.368 e. The third-order valence-corrected chi connectivity index (χ3v) is 4.84. The molecule has 1 aliphatic rings. The highest BCUT2D eigenvalue weighted by molar-refractivity contribution is 5.93. The van der Waals surface area contributed by atoms with E-state index in [1.54, 1.807) is 26.1 Å². The number of piperidine rings is 1. The van der Waals surface area contributed by atoms with Crippen molar-refractivity contribution in [1.29, 1.82) is 0 Å². The second kappa shape index (κ2) is 9.90. The number of nitrogens with one attached hydrogen (secondary N) is 1. The van der Waals surface area contributed by atoms with Gasteiger partial charge in [0.1, 0.15) is 5.60 Å². The standard InChI is InChI=1S/C19H29N3O3.ClH/c1-5-22(18(24)19(25-4)10-12-20-13-11-19)14-15-6-8-16(9-7-15)17(23)21(2)3;/h6-9,20H,5,10-14H2,1-4H3;1H. The Bertz CT molecular complexity index is 599. The van der Waals surface area contributed by atoms with Gasteiger partial charge < -0.3 is 19.9 Å². The Morgan fingerprint density at radius 1 is 1.15 bits per heavy atom. The maximum Gasteiger partial charge on any atom is 0.255 e. The number of carbonyl (C=O) groups is 2. The smallest absolute Gasteiger partial charge is 0.255 e. The molecular weight excluding hydrogens is 354 g/mol. The summed E-state index contributed by atoms with van der Waals surface area (Å²) in [7, 11) is 5.09. The summed E-state index contributed by atoms with van der Waals surface area (Å²) in [6.45, 7) is 4.70. The minimum atomic E-state index is -0.720. The first-order valence-corrected chi connectivity index (χ1v) is 8.79. The molecule has 1 aliphatic heterocycles. The molecule has 1 fully saturated rings. The number of rotatable bonds is 6. The van der Waals surface area contributed by atoms with Gasteiger partial charge >= 0.3 is 0 Å². The van der Waals surface area contributed by atoms with Gasteiger partial charge in [0, 0.05) is 39.9 Å². The van der Waals surface area contributed by atoms with Crippen LogP contribution in [0.15, 0.2) is 24.3 Å². The zero-order valence-corrected chi connectivity index (χ0v) is 16.9. The average Bonchev–Trinajstić information content (AvgIpc) is 2.65. The van der Waals surface area contributed by atoms with Crippen LogP contribution in [0.3, 0.4) is 0 Å². The van der Waals surface area contributed by atoms with E-state index in [1.807, 2.05) is 36.1 Å². The predicted octanol–water partition coefficient (Wildman–Crippen LogP) is 1.93. The monoisotopic (exact) mass is 383 g/mol. The molecule has 0 aromatic heterocycles. The topological polar surface area (TPSA) is 61.9 Å². The van der Waals surface area contributed by atoms with Crippen LogP contribution in [0.25, 0.3) is 0 Å². The number of nitrogens with zero attached hydrogens (tertiary/aromatic N) is 2. The van der Waals surface area contributed by atoms with Gasteiger partial charge in [-0.25, -0.2) is 0 Å². The Balaban J connectivity index is 0.00000338. The number of hydrogen-bond acceptors (Lipinski definition) is 4. The summed E-state index contributed by atoms with van der Waals surface area (Å²) < 4.78 is 5.66. The van der Waals surface area contributed by atoms with Gasteiger partial charge in [0.2, 0.25) is 0 Å². The molecule has 1 heterocycles. The first kappa shape index (κ1) is 22.4. The summed E-state index contributed by atoms with van der Waals surface area (Å²) in [6.07, 6.45) is 1.38. The van der Waals surface area contributed by atoms with Crippen molar-refractivity contribution in [3.63, 3.8) is 0 Å². The third kappa shape index (κ3) is 4.96. The lowest BCUT2D eigenvalue weighted by Crippen LogP contribution is -2.55. The lowest BCUT2D eigenvalue weighted by atomic mass is 9.90. The highest BCUT2D eigenvalue weighted by Crippen LogP contribution is 2.26. The lowest BCUT2D eigenvalue weighted by Gasteiger charge is -2.38. The van der Waals surface area contributed by atoms with Crippen LogP contribution < -0.4 is 5.32 Å². The SMILES string of the molecule is CCN(Cc1ccc(C(=O)N(C)C)cc1)C(=O)C1(OC)CCNCC1.Cl. The summed E-state index contributed by atoms with van der Waals surface area (Å²) in [5.74, 6) is 0.0236. The van der Waals surface area contributed by atoms with Gasteiger partial charge in [-0.3, -0.25) is 9.59 Å². The number of amides is 2. The Hall–Kier alpha value is -1.63. The molecule has 1 aromatic carbocycles. The van der Waals surface area contributed by atoms with Crippen LogP contribution in [0.4, 0.5) is 0 Å². The van der Waals surface area contributed by atoms with E-state index in [1.165, 1.54) is 0 Å². The lowest BCUT2D eigenvalue weighted by molar-refractivity contribution is -0.158. The van der Waals surface area contributed by atoms with Gasteiger partial charge in [-0.15, -0.1) is 12.4 Å². The summed E-state index contributed by atoms with van der Waals surface area (Å²) in [5.41, 5.74) is 0.933. The second-order valence-corrected chi connectivity index (χ2v) is 6.66. The van der Waals surface area contributed by atoms with Crippen molar-refractivity contribution < 1.29 is 14.3 Å². The van der Waals surface area contributed by atoms with Crippen LogP contribution in [-0.4, -0.2) is 68.1 Å². The van der Waals surface area contributed by atoms with Crippen LogP contribution >= 0.6 is 12.4 Å². The number of hydrogen-bond donors (Lipinski definition) is 1. The molecular formula is C19H30ClN3O3. The minimum Gasteiger partial charge on any atom is -0.368 e. The van der Waals surface area contributed by atoms with E-state index in [9.17, 15) is 9.59 Å². The first-order chi connectivity index (χ1) is 11.9. The third-order valence-electron chi connectivity index (χ3n) is 4.84. The molecule has 0 bridgehead atoms. The van der Waals surface area contributed by atoms with Crippen molar-refractivity contribution in [2.45, 2.75) is 31.9 Å². The minimum absolute atomic E-state index is 0. The van der Waals surface area contributed by atoms with Crippen molar-refractivity contribution in [3.05, 3.63) is 35.4 Å². The van der Waals surface area contributed by atoms with Crippen LogP contribution in [0.1, 0.15) is 35.7 Å². The Kier molecular flexibility index (Phi) is 8.53. The normalized spacial score (nSPS) is 15.7. The molecule has 2 amide bonds. The number of carbonyl (C=O) groups excluding carboxylic acids is 2. The fourth-order valence-electron chi connectivity index (χ4n) is 3.18. The van der Waals surface area contributed by atoms with E-state index in [0.717, 1.165) is 18.7 Å². The van der Waals surface area contributed by atoms with E-state index >= 15 is 0 Å². The molecule has 2 rings (SSSR count). The number of likely N-dealkylation sites (N-methyl/N-ethyl adjacent to an activating group) is 1. The van der Waals surface area contributed by atoms with Crippen LogP contribution in [-0.2, 0) is 16.1 Å². The van der Waals surface area contributed by atoms with Crippen LogP contribution in [0, 0.1) is 0 Å². The molecule has 1 N–H and O–H groups in total. The number of halogens is 1. The van der Waals surface area contributed by atoms with Gasteiger partial charge in [-0.05, 0) is 50.6 Å². The molecule has 7 heteroatoms. The maximum atomic E-state index is 13.1. The molecule has 0 radical (unpaired) electrons. The summed E-state index contributed by atoms with van der Waals surface area (Å²) in [5, 5.41) is 3.27. The number of methoxy groups -OCH3 is 1.